The van der Waals surface area contributed by atoms with E-state index in [1.54, 1.807) is 6.92 Å². The maximum Gasteiger partial charge on any atom is 0.296 e. The van der Waals surface area contributed by atoms with Crippen molar-refractivity contribution in [3.05, 3.63) is 106 Å². The Kier molecular flexibility index (Phi) is 6.48. The van der Waals surface area contributed by atoms with Crippen LogP contribution >= 0.6 is 22.7 Å². The van der Waals surface area contributed by atoms with Gasteiger partial charge in [0.05, 0.1) is 32.4 Å². The third-order valence-electron chi connectivity index (χ3n) is 6.94. The van der Waals surface area contributed by atoms with Crippen LogP contribution in [-0.2, 0) is 4.79 Å². The summed E-state index contributed by atoms with van der Waals surface area (Å²) in [5.41, 5.74) is 5.00. The van der Waals surface area contributed by atoms with Crippen LogP contribution in [0.5, 0.6) is 0 Å². The number of aliphatic hydroxyl groups excluding tert-OH is 1. The third-order valence-corrected chi connectivity index (χ3v) is 9.16. The van der Waals surface area contributed by atoms with Gasteiger partial charge in [0, 0.05) is 25.3 Å². The van der Waals surface area contributed by atoms with Crippen molar-refractivity contribution in [2.45, 2.75) is 19.9 Å². The van der Waals surface area contributed by atoms with Gasteiger partial charge in [0.2, 0.25) is 5.78 Å². The maximum atomic E-state index is 14.2. The number of carbonyl (C=O) groups is 2. The van der Waals surface area contributed by atoms with E-state index in [0.29, 0.717) is 26.3 Å². The van der Waals surface area contributed by atoms with Crippen LogP contribution in [0.4, 0.5) is 10.8 Å². The topological polar surface area (TPSA) is 86.6 Å². The second-order valence-electron chi connectivity index (χ2n) is 9.92. The Morgan fingerprint density at radius 3 is 2.38 bits per heavy atom. The minimum Gasteiger partial charge on any atom is -0.503 e. The van der Waals surface area contributed by atoms with Crippen LogP contribution < -0.4 is 9.80 Å². The predicted octanol–water partition coefficient (Wildman–Crippen LogP) is 6.89. The first-order valence-corrected chi connectivity index (χ1v) is 14.3. The van der Waals surface area contributed by atoms with Crippen LogP contribution in [0.25, 0.3) is 20.8 Å². The molecule has 40 heavy (non-hydrogen) atoms. The van der Waals surface area contributed by atoms with E-state index < -0.39 is 23.5 Å². The lowest BCUT2D eigenvalue weighted by molar-refractivity contribution is -0.117. The molecule has 0 saturated carbocycles. The minimum absolute atomic E-state index is 0.0319. The fourth-order valence-electron chi connectivity index (χ4n) is 4.86. The molecule has 0 bridgehead atoms. The zero-order valence-electron chi connectivity index (χ0n) is 22.4. The summed E-state index contributed by atoms with van der Waals surface area (Å²) in [4.78, 5) is 41.0. The van der Waals surface area contributed by atoms with E-state index in [2.05, 4.69) is 4.98 Å². The molecular weight excluding hydrogens is 541 g/mol. The van der Waals surface area contributed by atoms with Gasteiger partial charge in [-0.25, -0.2) is 9.97 Å². The lowest BCUT2D eigenvalue weighted by atomic mass is 9.95. The molecule has 1 unspecified atom stereocenters. The summed E-state index contributed by atoms with van der Waals surface area (Å²) >= 11 is 2.62. The Morgan fingerprint density at radius 1 is 0.950 bits per heavy atom. The maximum absolute atomic E-state index is 14.2. The number of Topliss-reactive ketones (excluding diaryl/α,β-unsaturated/α-hetero) is 1. The Morgan fingerprint density at radius 2 is 1.68 bits per heavy atom. The molecule has 0 spiro atoms. The summed E-state index contributed by atoms with van der Waals surface area (Å²) < 4.78 is 0.926. The molecule has 1 aliphatic rings. The first-order chi connectivity index (χ1) is 19.2. The number of ketones is 1. The number of carbonyl (C=O) groups excluding carboxylic acids is 2. The van der Waals surface area contributed by atoms with Gasteiger partial charge in [-0.1, -0.05) is 59.9 Å². The second kappa shape index (κ2) is 10.0. The summed E-state index contributed by atoms with van der Waals surface area (Å²) in [6.45, 7) is 3.78. The highest BCUT2D eigenvalue weighted by Crippen LogP contribution is 2.45. The van der Waals surface area contributed by atoms with Crippen molar-refractivity contribution in [1.82, 2.24) is 9.97 Å². The van der Waals surface area contributed by atoms with Gasteiger partial charge in [-0.2, -0.15) is 0 Å². The summed E-state index contributed by atoms with van der Waals surface area (Å²) in [6.07, 6.45) is 0. The van der Waals surface area contributed by atoms with Crippen LogP contribution in [0.3, 0.4) is 0 Å². The molecule has 7 nitrogen and oxygen atoms in total. The molecule has 9 heteroatoms. The second-order valence-corrected chi connectivity index (χ2v) is 11.9. The molecule has 0 radical (unpaired) electrons. The number of anilines is 2. The zero-order chi connectivity index (χ0) is 28.1. The summed E-state index contributed by atoms with van der Waals surface area (Å²) in [5.74, 6) is -1.62. The average Bonchev–Trinajstić information content (AvgIpc) is 3.62. The van der Waals surface area contributed by atoms with Gasteiger partial charge in [-0.05, 0) is 49.2 Å². The quantitative estimate of drug-likeness (QED) is 0.225. The first-order valence-electron chi connectivity index (χ1n) is 12.7. The summed E-state index contributed by atoms with van der Waals surface area (Å²) in [5, 5.41) is 12.4. The van der Waals surface area contributed by atoms with E-state index in [0.717, 1.165) is 27.0 Å². The number of amides is 1. The molecule has 1 amide bonds. The van der Waals surface area contributed by atoms with Gasteiger partial charge < -0.3 is 10.0 Å². The molecule has 6 rings (SSSR count). The van der Waals surface area contributed by atoms with Crippen LogP contribution in [0, 0.1) is 13.8 Å². The van der Waals surface area contributed by atoms with E-state index in [1.807, 2.05) is 98.7 Å². The molecule has 3 aromatic carbocycles. The number of rotatable bonds is 6. The van der Waals surface area contributed by atoms with Crippen LogP contribution in [0.15, 0.2) is 84.1 Å². The average molecular weight is 567 g/mol. The van der Waals surface area contributed by atoms with Gasteiger partial charge >= 0.3 is 0 Å². The number of fused-ring (bicyclic) bond motifs is 1. The van der Waals surface area contributed by atoms with Crippen molar-refractivity contribution in [3.8, 4) is 10.6 Å². The number of thiazole rings is 2. The van der Waals surface area contributed by atoms with Crippen LogP contribution in [0.2, 0.25) is 0 Å². The first kappa shape index (κ1) is 25.9. The molecule has 2 aromatic heterocycles. The summed E-state index contributed by atoms with van der Waals surface area (Å²) in [7, 11) is 3.89. The predicted molar refractivity (Wildman–Crippen MR) is 162 cm³/mol. The highest BCUT2D eigenvalue weighted by molar-refractivity contribution is 7.22. The van der Waals surface area contributed by atoms with E-state index in [1.165, 1.54) is 27.6 Å². The molecule has 1 N–H and O–H groups in total. The largest absolute Gasteiger partial charge is 0.503 e. The lowest BCUT2D eigenvalue weighted by Crippen LogP contribution is -2.31. The van der Waals surface area contributed by atoms with E-state index in [9.17, 15) is 14.7 Å². The Hall–Kier alpha value is -4.34. The Bertz CT molecular complexity index is 1800. The van der Waals surface area contributed by atoms with E-state index >= 15 is 0 Å². The molecule has 0 fully saturated rings. The molecule has 3 heterocycles. The molecule has 0 saturated heterocycles. The standard InChI is InChI=1S/C31H26N4O3S2/c1-17-10-15-22-23(16-17)39-31(33-22)35-25(19-11-13-21(14-12-19)34(3)4)24(27(37)30(35)38)26(36)28-18(2)32-29(40-28)20-8-6-5-7-9-20/h5-16,25,37H,1-4H3. The van der Waals surface area contributed by atoms with Crippen molar-refractivity contribution in [3.63, 3.8) is 0 Å². The van der Waals surface area contributed by atoms with Crippen LogP contribution in [0.1, 0.15) is 32.5 Å². The number of benzene rings is 3. The Balaban J connectivity index is 1.48. The van der Waals surface area contributed by atoms with Gasteiger partial charge in [0.15, 0.2) is 10.9 Å². The van der Waals surface area contributed by atoms with Gasteiger partial charge in [-0.3, -0.25) is 14.5 Å². The number of aromatic nitrogens is 2. The smallest absolute Gasteiger partial charge is 0.296 e. The van der Waals surface area contributed by atoms with Gasteiger partial charge in [0.25, 0.3) is 5.91 Å². The summed E-state index contributed by atoms with van der Waals surface area (Å²) in [6, 6.07) is 22.3. The minimum atomic E-state index is -0.848. The molecule has 0 aliphatic carbocycles. The van der Waals surface area contributed by atoms with Crippen LogP contribution in [-0.4, -0.2) is 40.9 Å². The third kappa shape index (κ3) is 4.37. The van der Waals surface area contributed by atoms with Crippen molar-refractivity contribution < 1.29 is 14.7 Å². The lowest BCUT2D eigenvalue weighted by Gasteiger charge is -2.25. The number of nitrogens with zero attached hydrogens (tertiary/aromatic N) is 4. The van der Waals surface area contributed by atoms with Gasteiger partial charge in [0.1, 0.15) is 5.01 Å². The van der Waals surface area contributed by atoms with E-state index in [4.69, 9.17) is 4.98 Å². The van der Waals surface area contributed by atoms with Crippen molar-refractivity contribution in [1.29, 1.82) is 0 Å². The highest BCUT2D eigenvalue weighted by Gasteiger charge is 2.46. The molecule has 200 valence electrons. The van der Waals surface area contributed by atoms with E-state index in [-0.39, 0.29) is 5.57 Å². The fourth-order valence-corrected chi connectivity index (χ4v) is 6.98. The normalized spacial score (nSPS) is 15.3. The SMILES string of the molecule is Cc1ccc2nc(N3C(=O)C(O)=C(C(=O)c4sc(-c5ccccc5)nc4C)C3c3ccc(N(C)C)cc3)sc2c1. The van der Waals surface area contributed by atoms with Crippen molar-refractivity contribution in [2.75, 3.05) is 23.9 Å². The fraction of sp³-hybridized carbons (Fsp3) is 0.161. The Labute approximate surface area is 239 Å². The van der Waals surface area contributed by atoms with Crippen molar-refractivity contribution >= 4 is 55.4 Å². The number of hydrogen-bond acceptors (Lipinski definition) is 8. The number of hydrogen-bond donors (Lipinski definition) is 1. The number of aryl methyl sites for hydroxylation is 2. The zero-order valence-corrected chi connectivity index (χ0v) is 24.0. The highest BCUT2D eigenvalue weighted by atomic mass is 32.1. The monoisotopic (exact) mass is 566 g/mol. The molecular formula is C31H26N4O3S2. The van der Waals surface area contributed by atoms with Gasteiger partial charge in [-0.15, -0.1) is 11.3 Å². The molecule has 1 aliphatic heterocycles. The molecule has 1 atom stereocenters. The molecule has 5 aromatic rings. The van der Waals surface area contributed by atoms with Crippen molar-refractivity contribution in [2.24, 2.45) is 0 Å². The number of aliphatic hydroxyl groups is 1.